The Balaban J connectivity index is 1.71. The van der Waals surface area contributed by atoms with E-state index in [9.17, 15) is 4.79 Å². The molecule has 3 rings (SSSR count). The molecule has 1 aliphatic carbocycles. The summed E-state index contributed by atoms with van der Waals surface area (Å²) in [4.78, 5) is 13.4. The predicted molar refractivity (Wildman–Crippen MR) is 77.5 cm³/mol. The first-order chi connectivity index (χ1) is 9.59. The lowest BCUT2D eigenvalue weighted by Crippen LogP contribution is -2.55. The zero-order valence-corrected chi connectivity index (χ0v) is 11.9. The standard InChI is InChI=1S/C16H22N2O2/c1-12-14(17-15(19)20)10-18(11-16(12)7-8-16)9-13-5-3-2-4-6-13/h2-6,12,14,17H,7-11H2,1H3,(H,19,20)/t12-,14?/m0/s1. The van der Waals surface area contributed by atoms with Crippen LogP contribution in [-0.4, -0.2) is 35.2 Å². The summed E-state index contributed by atoms with van der Waals surface area (Å²) in [6, 6.07) is 10.5. The largest absolute Gasteiger partial charge is 0.465 e. The lowest BCUT2D eigenvalue weighted by atomic mass is 9.80. The van der Waals surface area contributed by atoms with E-state index in [2.05, 4.69) is 41.4 Å². The van der Waals surface area contributed by atoms with Gasteiger partial charge in [0.15, 0.2) is 0 Å². The van der Waals surface area contributed by atoms with Crippen LogP contribution in [0.5, 0.6) is 0 Å². The number of carboxylic acid groups (broad SMARTS) is 1. The number of likely N-dealkylation sites (tertiary alicyclic amines) is 1. The maximum atomic E-state index is 11.0. The van der Waals surface area contributed by atoms with Crippen LogP contribution in [0.15, 0.2) is 30.3 Å². The molecule has 2 atom stereocenters. The Labute approximate surface area is 119 Å². The van der Waals surface area contributed by atoms with Gasteiger partial charge in [-0.2, -0.15) is 0 Å². The molecule has 1 aliphatic heterocycles. The molecule has 1 heterocycles. The summed E-state index contributed by atoms with van der Waals surface area (Å²) < 4.78 is 0. The van der Waals surface area contributed by atoms with Crippen LogP contribution in [-0.2, 0) is 6.54 Å². The highest BCUT2D eigenvalue weighted by atomic mass is 16.4. The minimum atomic E-state index is -0.904. The topological polar surface area (TPSA) is 52.6 Å². The third-order valence-electron chi connectivity index (χ3n) is 5.01. The molecule has 0 bridgehead atoms. The third-order valence-corrected chi connectivity index (χ3v) is 5.01. The number of amides is 1. The van der Waals surface area contributed by atoms with E-state index in [0.717, 1.165) is 19.6 Å². The number of piperidine rings is 1. The monoisotopic (exact) mass is 274 g/mol. The fourth-order valence-electron chi connectivity index (χ4n) is 3.58. The van der Waals surface area contributed by atoms with E-state index in [0.29, 0.717) is 11.3 Å². The van der Waals surface area contributed by atoms with E-state index in [1.807, 2.05) is 6.07 Å². The Bertz CT molecular complexity index is 485. The van der Waals surface area contributed by atoms with Gasteiger partial charge in [-0.25, -0.2) is 4.79 Å². The minimum Gasteiger partial charge on any atom is -0.465 e. The summed E-state index contributed by atoms with van der Waals surface area (Å²) in [6.07, 6.45) is 1.56. The maximum absolute atomic E-state index is 11.0. The lowest BCUT2D eigenvalue weighted by Gasteiger charge is -2.43. The van der Waals surface area contributed by atoms with Crippen molar-refractivity contribution >= 4 is 6.09 Å². The Morgan fingerprint density at radius 2 is 2.10 bits per heavy atom. The Kier molecular flexibility index (Phi) is 3.42. The van der Waals surface area contributed by atoms with Gasteiger partial charge in [0, 0.05) is 25.7 Å². The average Bonchev–Trinajstić information content (AvgIpc) is 3.17. The highest BCUT2D eigenvalue weighted by Crippen LogP contribution is 2.55. The molecule has 1 amide bonds. The van der Waals surface area contributed by atoms with Gasteiger partial charge >= 0.3 is 6.09 Å². The minimum absolute atomic E-state index is 0.0486. The third kappa shape index (κ3) is 2.66. The molecular weight excluding hydrogens is 252 g/mol. The second-order valence-corrected chi connectivity index (χ2v) is 6.36. The van der Waals surface area contributed by atoms with Crippen LogP contribution in [0.3, 0.4) is 0 Å². The van der Waals surface area contributed by atoms with Gasteiger partial charge in [-0.3, -0.25) is 4.90 Å². The molecule has 2 N–H and O–H groups in total. The Morgan fingerprint density at radius 1 is 1.40 bits per heavy atom. The van der Waals surface area contributed by atoms with Crippen LogP contribution in [0.1, 0.15) is 25.3 Å². The number of benzene rings is 1. The van der Waals surface area contributed by atoms with Crippen LogP contribution < -0.4 is 5.32 Å². The van der Waals surface area contributed by atoms with Crippen molar-refractivity contribution in [1.29, 1.82) is 0 Å². The smallest absolute Gasteiger partial charge is 0.404 e. The highest BCUT2D eigenvalue weighted by molar-refractivity contribution is 5.65. The molecule has 2 fully saturated rings. The van der Waals surface area contributed by atoms with E-state index in [-0.39, 0.29) is 6.04 Å². The second-order valence-electron chi connectivity index (χ2n) is 6.36. The maximum Gasteiger partial charge on any atom is 0.404 e. The van der Waals surface area contributed by atoms with E-state index < -0.39 is 6.09 Å². The van der Waals surface area contributed by atoms with Crippen molar-refractivity contribution in [3.63, 3.8) is 0 Å². The van der Waals surface area contributed by atoms with E-state index >= 15 is 0 Å². The van der Waals surface area contributed by atoms with Crippen molar-refractivity contribution in [2.75, 3.05) is 13.1 Å². The molecule has 1 saturated carbocycles. The van der Waals surface area contributed by atoms with Gasteiger partial charge < -0.3 is 10.4 Å². The molecule has 1 unspecified atom stereocenters. The molecule has 1 aromatic carbocycles. The number of nitrogens with zero attached hydrogens (tertiary/aromatic N) is 1. The molecule has 4 heteroatoms. The lowest BCUT2D eigenvalue weighted by molar-refractivity contribution is 0.0695. The van der Waals surface area contributed by atoms with Crippen LogP contribution in [0.2, 0.25) is 0 Å². The summed E-state index contributed by atoms with van der Waals surface area (Å²) in [6.45, 7) is 5.02. The normalized spacial score (nSPS) is 28.2. The zero-order chi connectivity index (χ0) is 14.2. The van der Waals surface area contributed by atoms with Crippen LogP contribution in [0.25, 0.3) is 0 Å². The molecule has 1 aromatic rings. The first-order valence-electron chi connectivity index (χ1n) is 7.35. The molecule has 0 aromatic heterocycles. The van der Waals surface area contributed by atoms with Gasteiger partial charge in [-0.15, -0.1) is 0 Å². The number of rotatable bonds is 3. The van der Waals surface area contributed by atoms with Crippen molar-refractivity contribution < 1.29 is 9.90 Å². The van der Waals surface area contributed by atoms with Crippen LogP contribution >= 0.6 is 0 Å². The summed E-state index contributed by atoms with van der Waals surface area (Å²) in [5.74, 6) is 0.436. The number of carbonyl (C=O) groups is 1. The molecule has 1 spiro atoms. The summed E-state index contributed by atoms with van der Waals surface area (Å²) in [7, 11) is 0. The average molecular weight is 274 g/mol. The zero-order valence-electron chi connectivity index (χ0n) is 11.9. The number of hydrogen-bond donors (Lipinski definition) is 2. The van der Waals surface area contributed by atoms with Crippen LogP contribution in [0, 0.1) is 11.3 Å². The van der Waals surface area contributed by atoms with E-state index in [1.165, 1.54) is 18.4 Å². The van der Waals surface area contributed by atoms with Gasteiger partial charge in [-0.05, 0) is 29.7 Å². The van der Waals surface area contributed by atoms with Gasteiger partial charge in [0.05, 0.1) is 0 Å². The molecule has 1 saturated heterocycles. The van der Waals surface area contributed by atoms with Gasteiger partial charge in [0.25, 0.3) is 0 Å². The SMILES string of the molecule is C[C@H]1C(NC(=O)O)CN(Cc2ccccc2)CC12CC2. The van der Waals surface area contributed by atoms with Gasteiger partial charge in [0.1, 0.15) is 0 Å². The van der Waals surface area contributed by atoms with Gasteiger partial charge in [-0.1, -0.05) is 37.3 Å². The first kappa shape index (κ1) is 13.4. The molecule has 20 heavy (non-hydrogen) atoms. The van der Waals surface area contributed by atoms with Crippen molar-refractivity contribution in [2.24, 2.45) is 11.3 Å². The Hall–Kier alpha value is -1.55. The summed E-state index contributed by atoms with van der Waals surface area (Å²) in [5.41, 5.74) is 1.65. The fourth-order valence-corrected chi connectivity index (χ4v) is 3.58. The number of hydrogen-bond acceptors (Lipinski definition) is 2. The molecular formula is C16H22N2O2. The first-order valence-corrected chi connectivity index (χ1v) is 7.35. The van der Waals surface area contributed by atoms with Crippen LogP contribution in [0.4, 0.5) is 4.79 Å². The van der Waals surface area contributed by atoms with Gasteiger partial charge in [0.2, 0.25) is 0 Å². The quantitative estimate of drug-likeness (QED) is 0.890. The Morgan fingerprint density at radius 3 is 2.70 bits per heavy atom. The highest BCUT2D eigenvalue weighted by Gasteiger charge is 2.53. The molecule has 108 valence electrons. The van der Waals surface area contributed by atoms with Crippen molar-refractivity contribution in [2.45, 2.75) is 32.4 Å². The van der Waals surface area contributed by atoms with E-state index in [1.54, 1.807) is 0 Å². The molecule has 2 aliphatic rings. The second kappa shape index (κ2) is 5.09. The fraction of sp³-hybridized carbons (Fsp3) is 0.562. The summed E-state index contributed by atoms with van der Waals surface area (Å²) in [5, 5.41) is 11.7. The molecule has 4 nitrogen and oxygen atoms in total. The van der Waals surface area contributed by atoms with Crippen molar-refractivity contribution in [3.8, 4) is 0 Å². The number of nitrogens with one attached hydrogen (secondary N) is 1. The van der Waals surface area contributed by atoms with E-state index in [4.69, 9.17) is 5.11 Å². The molecule has 0 radical (unpaired) electrons. The summed E-state index contributed by atoms with van der Waals surface area (Å²) >= 11 is 0. The van der Waals surface area contributed by atoms with Crippen molar-refractivity contribution in [3.05, 3.63) is 35.9 Å². The van der Waals surface area contributed by atoms with Crippen molar-refractivity contribution in [1.82, 2.24) is 10.2 Å². The predicted octanol–water partition coefficient (Wildman–Crippen LogP) is 2.55.